The fraction of sp³-hybridized carbons (Fsp3) is 0.889. The monoisotopic (exact) mass is 183 g/mol. The molecule has 2 heterocycles. The number of hydrogen-bond donors (Lipinski definition) is 0. The van der Waals surface area contributed by atoms with E-state index in [-0.39, 0.29) is 0 Å². The van der Waals surface area contributed by atoms with E-state index >= 15 is 0 Å². The van der Waals surface area contributed by atoms with Crippen molar-refractivity contribution in [3.8, 4) is 0 Å². The molecule has 0 amide bonds. The predicted octanol–water partition coefficient (Wildman–Crippen LogP) is 0.0101. The molecule has 4 nitrogen and oxygen atoms in total. The first-order chi connectivity index (χ1) is 6.45. The Morgan fingerprint density at radius 3 is 2.69 bits per heavy atom. The van der Waals surface area contributed by atoms with Gasteiger partial charge in [0.2, 0.25) is 0 Å². The van der Waals surface area contributed by atoms with Crippen LogP contribution in [0.25, 0.3) is 0 Å². The van der Waals surface area contributed by atoms with Gasteiger partial charge in [-0.3, -0.25) is 9.91 Å². The van der Waals surface area contributed by atoms with E-state index in [1.54, 1.807) is 0 Å². The van der Waals surface area contributed by atoms with E-state index < -0.39 is 0 Å². The maximum absolute atomic E-state index is 5.29. The summed E-state index contributed by atoms with van der Waals surface area (Å²) < 4.78 is 5.29. The number of hydrazone groups is 1. The molecule has 0 N–H and O–H groups in total. The van der Waals surface area contributed by atoms with Crippen molar-refractivity contribution in [2.24, 2.45) is 5.10 Å². The SMILES string of the molecule is C1=NN(CCN2CCOCC2)CC1. The van der Waals surface area contributed by atoms with Crippen LogP contribution in [0.4, 0.5) is 0 Å². The molecule has 0 saturated carbocycles. The molecule has 0 spiro atoms. The van der Waals surface area contributed by atoms with Crippen LogP contribution in [0.2, 0.25) is 0 Å². The summed E-state index contributed by atoms with van der Waals surface area (Å²) in [6.45, 7) is 7.24. The molecular weight excluding hydrogens is 166 g/mol. The third-order valence-corrected chi connectivity index (χ3v) is 2.54. The molecule has 2 rings (SSSR count). The smallest absolute Gasteiger partial charge is 0.0594 e. The zero-order valence-electron chi connectivity index (χ0n) is 7.98. The quantitative estimate of drug-likeness (QED) is 0.617. The van der Waals surface area contributed by atoms with E-state index in [0.29, 0.717) is 0 Å². The van der Waals surface area contributed by atoms with Gasteiger partial charge in [-0.25, -0.2) is 0 Å². The van der Waals surface area contributed by atoms with Crippen LogP contribution in [0.3, 0.4) is 0 Å². The predicted molar refractivity (Wildman–Crippen MR) is 51.9 cm³/mol. The number of rotatable bonds is 3. The van der Waals surface area contributed by atoms with Gasteiger partial charge in [-0.15, -0.1) is 0 Å². The molecule has 74 valence electrons. The third-order valence-electron chi connectivity index (χ3n) is 2.54. The molecule has 0 aliphatic carbocycles. The zero-order chi connectivity index (χ0) is 8.93. The Morgan fingerprint density at radius 1 is 1.15 bits per heavy atom. The maximum atomic E-state index is 5.29. The summed E-state index contributed by atoms with van der Waals surface area (Å²) >= 11 is 0. The molecule has 0 radical (unpaired) electrons. The van der Waals surface area contributed by atoms with Crippen LogP contribution < -0.4 is 0 Å². The first kappa shape index (κ1) is 8.97. The van der Waals surface area contributed by atoms with Crippen LogP contribution in [-0.2, 0) is 4.74 Å². The topological polar surface area (TPSA) is 28.1 Å². The molecule has 2 aliphatic heterocycles. The Hall–Kier alpha value is -0.610. The highest BCUT2D eigenvalue weighted by molar-refractivity contribution is 5.58. The fourth-order valence-corrected chi connectivity index (χ4v) is 1.69. The number of morpholine rings is 1. The van der Waals surface area contributed by atoms with Crippen LogP contribution in [-0.4, -0.2) is 62.1 Å². The average molecular weight is 183 g/mol. The standard InChI is InChI=1S/C9H17N3O/c1-2-10-12(3-1)5-4-11-6-8-13-9-7-11/h2H,1,3-9H2. The van der Waals surface area contributed by atoms with Gasteiger partial charge in [-0.05, 0) is 0 Å². The first-order valence-electron chi connectivity index (χ1n) is 5.02. The molecule has 0 aromatic rings. The lowest BCUT2D eigenvalue weighted by molar-refractivity contribution is 0.0340. The highest BCUT2D eigenvalue weighted by atomic mass is 16.5. The lowest BCUT2D eigenvalue weighted by Gasteiger charge is -2.27. The fourth-order valence-electron chi connectivity index (χ4n) is 1.69. The second kappa shape index (κ2) is 4.58. The Labute approximate surface area is 79.1 Å². The average Bonchev–Trinajstić information content (AvgIpc) is 2.69. The summed E-state index contributed by atoms with van der Waals surface area (Å²) in [5, 5.41) is 6.42. The molecule has 2 aliphatic rings. The molecular formula is C9H17N3O. The van der Waals surface area contributed by atoms with Crippen molar-refractivity contribution in [1.29, 1.82) is 0 Å². The Balaban J connectivity index is 1.63. The van der Waals surface area contributed by atoms with Crippen LogP contribution in [0, 0.1) is 0 Å². The summed E-state index contributed by atoms with van der Waals surface area (Å²) in [4.78, 5) is 2.44. The van der Waals surface area contributed by atoms with Gasteiger partial charge in [0.15, 0.2) is 0 Å². The van der Waals surface area contributed by atoms with Crippen LogP contribution >= 0.6 is 0 Å². The summed E-state index contributed by atoms with van der Waals surface area (Å²) in [5.41, 5.74) is 0. The van der Waals surface area contributed by atoms with Gasteiger partial charge >= 0.3 is 0 Å². The summed E-state index contributed by atoms with van der Waals surface area (Å²) in [6, 6.07) is 0. The lowest BCUT2D eigenvalue weighted by Crippen LogP contribution is -2.40. The molecule has 13 heavy (non-hydrogen) atoms. The minimum absolute atomic E-state index is 0.892. The largest absolute Gasteiger partial charge is 0.379 e. The molecule has 0 atom stereocenters. The van der Waals surface area contributed by atoms with Gasteiger partial charge in [0.1, 0.15) is 0 Å². The second-order valence-corrected chi connectivity index (χ2v) is 3.49. The zero-order valence-corrected chi connectivity index (χ0v) is 7.98. The normalized spacial score (nSPS) is 24.2. The van der Waals surface area contributed by atoms with Gasteiger partial charge in [-0.1, -0.05) is 0 Å². The summed E-state index contributed by atoms with van der Waals surface area (Å²) in [5.74, 6) is 0. The van der Waals surface area contributed by atoms with Crippen molar-refractivity contribution >= 4 is 6.21 Å². The van der Waals surface area contributed by atoms with Crippen LogP contribution in [0.5, 0.6) is 0 Å². The highest BCUT2D eigenvalue weighted by Crippen LogP contribution is 2.01. The summed E-state index contributed by atoms with van der Waals surface area (Å²) in [7, 11) is 0. The van der Waals surface area contributed by atoms with E-state index in [0.717, 1.165) is 52.4 Å². The Morgan fingerprint density at radius 2 is 2.00 bits per heavy atom. The van der Waals surface area contributed by atoms with Gasteiger partial charge in [0.05, 0.1) is 13.2 Å². The molecule has 0 bridgehead atoms. The van der Waals surface area contributed by atoms with Crippen molar-refractivity contribution in [1.82, 2.24) is 9.91 Å². The summed E-state index contributed by atoms with van der Waals surface area (Å²) in [6.07, 6.45) is 3.11. The minimum Gasteiger partial charge on any atom is -0.379 e. The van der Waals surface area contributed by atoms with Crippen molar-refractivity contribution in [2.75, 3.05) is 45.9 Å². The third kappa shape index (κ3) is 2.67. The second-order valence-electron chi connectivity index (χ2n) is 3.49. The van der Waals surface area contributed by atoms with E-state index in [1.165, 1.54) is 0 Å². The molecule has 1 fully saturated rings. The van der Waals surface area contributed by atoms with Gasteiger partial charge in [0.25, 0.3) is 0 Å². The van der Waals surface area contributed by atoms with E-state index in [4.69, 9.17) is 4.74 Å². The van der Waals surface area contributed by atoms with Gasteiger partial charge in [-0.2, -0.15) is 5.10 Å². The first-order valence-corrected chi connectivity index (χ1v) is 5.02. The molecule has 0 unspecified atom stereocenters. The van der Waals surface area contributed by atoms with Gasteiger partial charge < -0.3 is 4.74 Å². The minimum atomic E-state index is 0.892. The van der Waals surface area contributed by atoms with Crippen LogP contribution in [0.15, 0.2) is 5.10 Å². The van der Waals surface area contributed by atoms with Gasteiger partial charge in [0, 0.05) is 45.4 Å². The maximum Gasteiger partial charge on any atom is 0.0594 e. The van der Waals surface area contributed by atoms with E-state index in [2.05, 4.69) is 15.0 Å². The van der Waals surface area contributed by atoms with Crippen molar-refractivity contribution in [3.63, 3.8) is 0 Å². The molecule has 0 aromatic heterocycles. The van der Waals surface area contributed by atoms with E-state index in [9.17, 15) is 0 Å². The lowest BCUT2D eigenvalue weighted by atomic mass is 10.4. The van der Waals surface area contributed by atoms with Crippen molar-refractivity contribution in [2.45, 2.75) is 6.42 Å². The van der Waals surface area contributed by atoms with Crippen LogP contribution in [0.1, 0.15) is 6.42 Å². The van der Waals surface area contributed by atoms with Crippen molar-refractivity contribution < 1.29 is 4.74 Å². The number of ether oxygens (including phenoxy) is 1. The highest BCUT2D eigenvalue weighted by Gasteiger charge is 2.12. The molecule has 0 aromatic carbocycles. The Bertz CT molecular complexity index is 178. The van der Waals surface area contributed by atoms with Crippen molar-refractivity contribution in [3.05, 3.63) is 0 Å². The number of hydrogen-bond acceptors (Lipinski definition) is 4. The Kier molecular flexibility index (Phi) is 3.16. The number of nitrogens with zero attached hydrogens (tertiary/aromatic N) is 3. The molecule has 4 heteroatoms. The van der Waals surface area contributed by atoms with E-state index in [1.807, 2.05) is 6.21 Å². The molecule has 1 saturated heterocycles.